The van der Waals surface area contributed by atoms with Crippen LogP contribution in [-0.2, 0) is 0 Å². The number of hydrogen-bond acceptors (Lipinski definition) is 4. The van der Waals surface area contributed by atoms with Gasteiger partial charge in [0.05, 0.1) is 6.20 Å². The number of benzene rings is 1. The van der Waals surface area contributed by atoms with Gasteiger partial charge < -0.3 is 15.4 Å². The predicted molar refractivity (Wildman–Crippen MR) is 103 cm³/mol. The van der Waals surface area contributed by atoms with Gasteiger partial charge in [-0.05, 0) is 61.8 Å². The van der Waals surface area contributed by atoms with Crippen LogP contribution in [0.5, 0.6) is 11.5 Å². The number of ether oxygens (including phenoxy) is 1. The van der Waals surface area contributed by atoms with E-state index < -0.39 is 0 Å². The third kappa shape index (κ3) is 5.88. The first kappa shape index (κ1) is 21.2. The molecule has 25 heavy (non-hydrogen) atoms. The Balaban J connectivity index is 0.00000156. The normalized spacial score (nSPS) is 19.1. The van der Waals surface area contributed by atoms with E-state index in [1.807, 2.05) is 12.1 Å². The maximum atomic E-state index is 12.3. The lowest BCUT2D eigenvalue weighted by atomic mass is 9.95. The summed E-state index contributed by atoms with van der Waals surface area (Å²) in [5, 5.41) is 6.46. The Bertz CT molecular complexity index is 653. The summed E-state index contributed by atoms with van der Waals surface area (Å²) in [4.78, 5) is 16.4. The van der Waals surface area contributed by atoms with E-state index in [1.165, 1.54) is 0 Å². The number of rotatable bonds is 4. The summed E-state index contributed by atoms with van der Waals surface area (Å²) in [7, 11) is 0. The zero-order chi connectivity index (χ0) is 16.1. The minimum absolute atomic E-state index is 0. The molecular formula is C18H23Cl2N3O2. The lowest BCUT2D eigenvalue weighted by Crippen LogP contribution is -2.48. The van der Waals surface area contributed by atoms with Gasteiger partial charge in [-0.3, -0.25) is 9.78 Å². The maximum Gasteiger partial charge on any atom is 0.251 e. The van der Waals surface area contributed by atoms with E-state index in [1.54, 1.807) is 36.7 Å². The molecule has 2 heterocycles. The number of nitrogens with one attached hydrogen (secondary N) is 2. The molecular weight excluding hydrogens is 361 g/mol. The van der Waals surface area contributed by atoms with E-state index in [9.17, 15) is 4.79 Å². The molecule has 0 saturated carbocycles. The molecule has 136 valence electrons. The highest BCUT2D eigenvalue weighted by atomic mass is 35.5. The highest BCUT2D eigenvalue weighted by molar-refractivity contribution is 5.94. The van der Waals surface area contributed by atoms with Crippen LogP contribution in [0.25, 0.3) is 0 Å². The molecule has 7 heteroatoms. The largest absolute Gasteiger partial charge is 0.456 e. The van der Waals surface area contributed by atoms with Gasteiger partial charge in [0.15, 0.2) is 0 Å². The molecule has 5 nitrogen and oxygen atoms in total. The third-order valence-electron chi connectivity index (χ3n) is 4.09. The van der Waals surface area contributed by atoms with Crippen LogP contribution in [0.1, 0.15) is 23.7 Å². The van der Waals surface area contributed by atoms with Gasteiger partial charge in [-0.15, -0.1) is 24.8 Å². The number of halogens is 2. The lowest BCUT2D eigenvalue weighted by molar-refractivity contribution is 0.0914. The smallest absolute Gasteiger partial charge is 0.251 e. The number of hydrogen-bond donors (Lipinski definition) is 2. The van der Waals surface area contributed by atoms with Crippen molar-refractivity contribution in [3.05, 3.63) is 54.4 Å². The Morgan fingerprint density at radius 1 is 1.20 bits per heavy atom. The second-order valence-corrected chi connectivity index (χ2v) is 5.87. The molecule has 1 aromatic carbocycles. The Hall–Kier alpha value is -1.82. The Kier molecular flexibility index (Phi) is 8.69. The quantitative estimate of drug-likeness (QED) is 0.848. The van der Waals surface area contributed by atoms with E-state index in [0.717, 1.165) is 19.5 Å². The molecule has 0 aliphatic carbocycles. The molecule has 1 aromatic heterocycles. The van der Waals surface area contributed by atoms with Crippen molar-refractivity contribution in [3.8, 4) is 11.5 Å². The first-order valence-corrected chi connectivity index (χ1v) is 7.92. The van der Waals surface area contributed by atoms with Crippen LogP contribution in [0.4, 0.5) is 0 Å². The summed E-state index contributed by atoms with van der Waals surface area (Å²) in [5.41, 5.74) is 0.647. The van der Waals surface area contributed by atoms with E-state index in [2.05, 4.69) is 22.5 Å². The molecule has 0 radical (unpaired) electrons. The zero-order valence-electron chi connectivity index (χ0n) is 14.0. The summed E-state index contributed by atoms with van der Waals surface area (Å²) in [6.45, 7) is 4.05. The second-order valence-electron chi connectivity index (χ2n) is 5.87. The van der Waals surface area contributed by atoms with Crippen molar-refractivity contribution < 1.29 is 9.53 Å². The molecule has 1 fully saturated rings. The Labute approximate surface area is 160 Å². The van der Waals surface area contributed by atoms with Gasteiger partial charge in [-0.25, -0.2) is 0 Å². The molecule has 1 aliphatic heterocycles. The van der Waals surface area contributed by atoms with E-state index in [0.29, 0.717) is 23.0 Å². The number of carbonyl (C=O) groups is 1. The average molecular weight is 384 g/mol. The van der Waals surface area contributed by atoms with Gasteiger partial charge in [0.2, 0.25) is 0 Å². The van der Waals surface area contributed by atoms with E-state index in [4.69, 9.17) is 4.74 Å². The third-order valence-corrected chi connectivity index (χ3v) is 4.09. The molecule has 2 atom stereocenters. The monoisotopic (exact) mass is 383 g/mol. The molecule has 1 saturated heterocycles. The minimum Gasteiger partial charge on any atom is -0.456 e. The van der Waals surface area contributed by atoms with Crippen molar-refractivity contribution in [2.45, 2.75) is 19.4 Å². The van der Waals surface area contributed by atoms with Crippen molar-refractivity contribution in [2.24, 2.45) is 5.92 Å². The average Bonchev–Trinajstić information content (AvgIpc) is 2.58. The first-order valence-electron chi connectivity index (χ1n) is 7.92. The zero-order valence-corrected chi connectivity index (χ0v) is 15.6. The standard InChI is InChI=1S/C18H21N3O2.2ClH/c1-13-11-20-10-8-17(13)21-18(22)14-4-6-15(7-5-14)23-16-3-2-9-19-12-16;;/h2-7,9,12-13,17,20H,8,10-11H2,1H3,(H,21,22);2*1H. The van der Waals surface area contributed by atoms with Gasteiger partial charge >= 0.3 is 0 Å². The summed E-state index contributed by atoms with van der Waals surface area (Å²) in [6.07, 6.45) is 4.32. The molecule has 3 rings (SSSR count). The maximum absolute atomic E-state index is 12.3. The van der Waals surface area contributed by atoms with Crippen LogP contribution in [0.2, 0.25) is 0 Å². The Morgan fingerprint density at radius 2 is 1.96 bits per heavy atom. The van der Waals surface area contributed by atoms with E-state index in [-0.39, 0.29) is 36.8 Å². The molecule has 2 aromatic rings. The SMILES string of the molecule is CC1CNCCC1NC(=O)c1ccc(Oc2cccnc2)cc1.Cl.Cl. The van der Waals surface area contributed by atoms with Crippen LogP contribution in [-0.4, -0.2) is 30.0 Å². The van der Waals surface area contributed by atoms with Crippen LogP contribution in [0, 0.1) is 5.92 Å². The van der Waals surface area contributed by atoms with Crippen LogP contribution < -0.4 is 15.4 Å². The fourth-order valence-corrected chi connectivity index (χ4v) is 2.70. The fourth-order valence-electron chi connectivity index (χ4n) is 2.70. The number of nitrogens with zero attached hydrogens (tertiary/aromatic N) is 1. The second kappa shape index (κ2) is 10.2. The van der Waals surface area contributed by atoms with Crippen molar-refractivity contribution >= 4 is 30.7 Å². The van der Waals surface area contributed by atoms with Gasteiger partial charge in [0.25, 0.3) is 5.91 Å². The summed E-state index contributed by atoms with van der Waals surface area (Å²) >= 11 is 0. The molecule has 2 unspecified atom stereocenters. The van der Waals surface area contributed by atoms with Crippen LogP contribution in [0.15, 0.2) is 48.8 Å². The topological polar surface area (TPSA) is 63.2 Å². The lowest BCUT2D eigenvalue weighted by Gasteiger charge is -2.30. The van der Waals surface area contributed by atoms with Gasteiger partial charge in [-0.1, -0.05) is 6.92 Å². The summed E-state index contributed by atoms with van der Waals surface area (Å²) in [5.74, 6) is 1.77. The number of carbonyl (C=O) groups excluding carboxylic acids is 1. The number of amides is 1. The predicted octanol–water partition coefficient (Wildman–Crippen LogP) is 3.45. The number of aromatic nitrogens is 1. The van der Waals surface area contributed by atoms with Crippen LogP contribution >= 0.6 is 24.8 Å². The highest BCUT2D eigenvalue weighted by Gasteiger charge is 2.22. The molecule has 2 N–H and O–H groups in total. The van der Waals surface area contributed by atoms with Gasteiger partial charge in [0, 0.05) is 17.8 Å². The van der Waals surface area contributed by atoms with E-state index >= 15 is 0 Å². The minimum atomic E-state index is -0.0309. The highest BCUT2D eigenvalue weighted by Crippen LogP contribution is 2.20. The molecule has 1 aliphatic rings. The number of pyridine rings is 1. The summed E-state index contributed by atoms with van der Waals surface area (Å²) < 4.78 is 5.68. The van der Waals surface area contributed by atoms with Crippen molar-refractivity contribution in [1.82, 2.24) is 15.6 Å². The van der Waals surface area contributed by atoms with Crippen molar-refractivity contribution in [2.75, 3.05) is 13.1 Å². The molecule has 1 amide bonds. The number of piperidine rings is 1. The first-order chi connectivity index (χ1) is 11.2. The van der Waals surface area contributed by atoms with Crippen molar-refractivity contribution in [1.29, 1.82) is 0 Å². The molecule has 0 spiro atoms. The van der Waals surface area contributed by atoms with Crippen molar-refractivity contribution in [3.63, 3.8) is 0 Å². The molecule has 0 bridgehead atoms. The van der Waals surface area contributed by atoms with Gasteiger partial charge in [-0.2, -0.15) is 0 Å². The Morgan fingerprint density at radius 3 is 2.60 bits per heavy atom. The fraction of sp³-hybridized carbons (Fsp3) is 0.333. The van der Waals surface area contributed by atoms with Gasteiger partial charge in [0.1, 0.15) is 11.5 Å². The van der Waals surface area contributed by atoms with Crippen LogP contribution in [0.3, 0.4) is 0 Å². The summed E-state index contributed by atoms with van der Waals surface area (Å²) in [6, 6.07) is 11.1.